The fourth-order valence-electron chi connectivity index (χ4n) is 2.74. The first kappa shape index (κ1) is 19.2. The average Bonchev–Trinajstić information content (AvgIpc) is 2.66. The van der Waals surface area contributed by atoms with Gasteiger partial charge in [0.2, 0.25) is 5.78 Å². The molecule has 6 heteroatoms. The van der Waals surface area contributed by atoms with E-state index in [2.05, 4.69) is 10.3 Å². The minimum atomic E-state index is -0.170. The van der Waals surface area contributed by atoms with E-state index in [1.807, 2.05) is 86.5 Å². The number of rotatable bonds is 5. The molecule has 2 aromatic rings. The van der Waals surface area contributed by atoms with E-state index in [1.165, 1.54) is 6.08 Å². The molecule has 6 nitrogen and oxygen atoms in total. The molecule has 28 heavy (non-hydrogen) atoms. The maximum Gasteiger partial charge on any atom is 0.204 e. The summed E-state index contributed by atoms with van der Waals surface area (Å²) in [5.74, 6) is -0.170. The highest BCUT2D eigenvalue weighted by Gasteiger charge is 2.17. The van der Waals surface area contributed by atoms with Crippen LogP contribution in [0.15, 0.2) is 77.1 Å². The zero-order chi connectivity index (χ0) is 20.3. The lowest BCUT2D eigenvalue weighted by atomic mass is 10.1. The number of hydrogen-bond donors (Lipinski definition) is 2. The molecule has 0 saturated heterocycles. The molecule has 0 radical (unpaired) electrons. The Balaban J connectivity index is 1.84. The number of aliphatic imine (C=N–C) groups is 1. The lowest BCUT2D eigenvalue weighted by Gasteiger charge is -2.16. The molecule has 144 valence electrons. The molecule has 0 unspecified atom stereocenters. The first-order valence-corrected chi connectivity index (χ1v) is 8.97. The molecular formula is C22H25N5O. The number of ketones is 1. The molecule has 3 rings (SSSR count). The summed E-state index contributed by atoms with van der Waals surface area (Å²) in [5, 5.41) is 3.16. The zero-order valence-electron chi connectivity index (χ0n) is 16.6. The molecule has 0 amide bonds. The van der Waals surface area contributed by atoms with Crippen molar-refractivity contribution in [1.29, 1.82) is 0 Å². The standard InChI is InChI=1S/C22H25N5O/c1-26(2)17-9-5-15(6-10-17)24-20-14-21(22(28)13-19(20)23)25-16-7-11-18(12-8-16)27(3)4/h5-14,25H,23H2,1-4H3/b24-20-. The van der Waals surface area contributed by atoms with Gasteiger partial charge in [-0.1, -0.05) is 0 Å². The molecule has 0 aliphatic heterocycles. The molecule has 1 aliphatic rings. The van der Waals surface area contributed by atoms with E-state index < -0.39 is 0 Å². The van der Waals surface area contributed by atoms with E-state index in [1.54, 1.807) is 6.08 Å². The Hall–Kier alpha value is -3.54. The summed E-state index contributed by atoms with van der Waals surface area (Å²) < 4.78 is 0. The number of nitrogens with zero attached hydrogens (tertiary/aromatic N) is 3. The number of nitrogens with two attached hydrogens (primary N) is 1. The maximum absolute atomic E-state index is 12.3. The number of benzene rings is 2. The first-order chi connectivity index (χ1) is 13.3. The average molecular weight is 375 g/mol. The summed E-state index contributed by atoms with van der Waals surface area (Å²) in [5.41, 5.74) is 11.2. The molecule has 0 fully saturated rings. The Labute approximate surface area is 165 Å². The molecule has 1 aliphatic carbocycles. The van der Waals surface area contributed by atoms with Crippen molar-refractivity contribution in [3.63, 3.8) is 0 Å². The minimum Gasteiger partial charge on any atom is -0.397 e. The molecule has 0 bridgehead atoms. The molecule has 0 heterocycles. The summed E-state index contributed by atoms with van der Waals surface area (Å²) in [6, 6.07) is 15.7. The van der Waals surface area contributed by atoms with Crippen molar-refractivity contribution in [3.8, 4) is 0 Å². The van der Waals surface area contributed by atoms with Gasteiger partial charge in [-0.3, -0.25) is 4.79 Å². The maximum atomic E-state index is 12.3. The van der Waals surface area contributed by atoms with Gasteiger partial charge >= 0.3 is 0 Å². The number of carbonyl (C=O) groups is 1. The van der Waals surface area contributed by atoms with Crippen LogP contribution in [-0.2, 0) is 4.79 Å². The molecule has 0 saturated carbocycles. The minimum absolute atomic E-state index is 0.170. The van der Waals surface area contributed by atoms with Gasteiger partial charge in [0.05, 0.1) is 22.8 Å². The van der Waals surface area contributed by atoms with Gasteiger partial charge in [0.1, 0.15) is 0 Å². The van der Waals surface area contributed by atoms with Crippen LogP contribution in [0.3, 0.4) is 0 Å². The molecule has 0 atom stereocenters. The van der Waals surface area contributed by atoms with Crippen LogP contribution < -0.4 is 20.9 Å². The van der Waals surface area contributed by atoms with Crippen LogP contribution in [-0.4, -0.2) is 39.7 Å². The van der Waals surface area contributed by atoms with Gasteiger partial charge in [-0.25, -0.2) is 4.99 Å². The highest BCUT2D eigenvalue weighted by atomic mass is 16.1. The monoisotopic (exact) mass is 375 g/mol. The fraction of sp³-hybridized carbons (Fsp3) is 0.182. The predicted octanol–water partition coefficient (Wildman–Crippen LogP) is 3.31. The predicted molar refractivity (Wildman–Crippen MR) is 118 cm³/mol. The lowest BCUT2D eigenvalue weighted by molar-refractivity contribution is -0.111. The second kappa shape index (κ2) is 8.00. The smallest absolute Gasteiger partial charge is 0.204 e. The second-order valence-electron chi connectivity index (χ2n) is 7.00. The highest BCUT2D eigenvalue weighted by Crippen LogP contribution is 2.22. The van der Waals surface area contributed by atoms with Crippen molar-refractivity contribution in [3.05, 3.63) is 72.1 Å². The Morgan fingerprint density at radius 3 is 1.89 bits per heavy atom. The largest absolute Gasteiger partial charge is 0.397 e. The third kappa shape index (κ3) is 4.40. The highest BCUT2D eigenvalue weighted by molar-refractivity contribution is 6.23. The molecular weight excluding hydrogens is 350 g/mol. The van der Waals surface area contributed by atoms with Crippen molar-refractivity contribution in [2.45, 2.75) is 0 Å². The lowest BCUT2D eigenvalue weighted by Crippen LogP contribution is -2.22. The number of allylic oxidation sites excluding steroid dienone is 2. The van der Waals surface area contributed by atoms with Gasteiger partial charge in [-0.05, 0) is 54.6 Å². The van der Waals surface area contributed by atoms with E-state index in [-0.39, 0.29) is 5.78 Å². The van der Waals surface area contributed by atoms with Gasteiger partial charge in [0.15, 0.2) is 0 Å². The summed E-state index contributed by atoms with van der Waals surface area (Å²) in [6.45, 7) is 0. The topological polar surface area (TPSA) is 74.0 Å². The van der Waals surface area contributed by atoms with Crippen LogP contribution in [0.2, 0.25) is 0 Å². The normalized spacial score (nSPS) is 15.1. The van der Waals surface area contributed by atoms with Crippen LogP contribution in [0.4, 0.5) is 22.7 Å². The van der Waals surface area contributed by atoms with Crippen molar-refractivity contribution >= 4 is 34.2 Å². The van der Waals surface area contributed by atoms with Crippen molar-refractivity contribution < 1.29 is 4.79 Å². The number of hydrogen-bond acceptors (Lipinski definition) is 6. The SMILES string of the molecule is CN(C)c1ccc(/N=C2/C=C(Nc3ccc(N(C)C)cc3)C(=O)C=C2N)cc1. The summed E-state index contributed by atoms with van der Waals surface area (Å²) >= 11 is 0. The fourth-order valence-corrected chi connectivity index (χ4v) is 2.74. The third-order valence-corrected chi connectivity index (χ3v) is 4.41. The van der Waals surface area contributed by atoms with Crippen LogP contribution in [0, 0.1) is 0 Å². The van der Waals surface area contributed by atoms with E-state index in [0.29, 0.717) is 17.1 Å². The van der Waals surface area contributed by atoms with E-state index in [4.69, 9.17) is 5.73 Å². The molecule has 3 N–H and O–H groups in total. The van der Waals surface area contributed by atoms with E-state index in [9.17, 15) is 4.79 Å². The molecule has 0 spiro atoms. The molecule has 2 aromatic carbocycles. The van der Waals surface area contributed by atoms with Crippen LogP contribution in [0.1, 0.15) is 0 Å². The van der Waals surface area contributed by atoms with Gasteiger partial charge < -0.3 is 20.9 Å². The van der Waals surface area contributed by atoms with Crippen LogP contribution in [0.5, 0.6) is 0 Å². The first-order valence-electron chi connectivity index (χ1n) is 8.97. The number of nitrogens with one attached hydrogen (secondary N) is 1. The summed E-state index contributed by atoms with van der Waals surface area (Å²) in [6.07, 6.45) is 3.10. The number of anilines is 3. The van der Waals surface area contributed by atoms with Gasteiger partial charge in [-0.15, -0.1) is 0 Å². The summed E-state index contributed by atoms with van der Waals surface area (Å²) in [7, 11) is 7.94. The quantitative estimate of drug-likeness (QED) is 0.785. The Morgan fingerprint density at radius 1 is 0.821 bits per heavy atom. The Kier molecular flexibility index (Phi) is 5.49. The third-order valence-electron chi connectivity index (χ3n) is 4.41. The Morgan fingerprint density at radius 2 is 1.36 bits per heavy atom. The van der Waals surface area contributed by atoms with Gasteiger partial charge in [0, 0.05) is 51.3 Å². The molecule has 0 aromatic heterocycles. The zero-order valence-corrected chi connectivity index (χ0v) is 16.6. The van der Waals surface area contributed by atoms with Crippen LogP contribution in [0.25, 0.3) is 0 Å². The van der Waals surface area contributed by atoms with Crippen molar-refractivity contribution in [2.75, 3.05) is 43.3 Å². The van der Waals surface area contributed by atoms with Crippen molar-refractivity contribution in [2.24, 2.45) is 10.7 Å². The second-order valence-corrected chi connectivity index (χ2v) is 7.00. The van der Waals surface area contributed by atoms with Crippen molar-refractivity contribution in [1.82, 2.24) is 0 Å². The van der Waals surface area contributed by atoms with E-state index in [0.717, 1.165) is 22.7 Å². The Bertz CT molecular complexity index is 951. The van der Waals surface area contributed by atoms with E-state index >= 15 is 0 Å². The van der Waals surface area contributed by atoms with Crippen LogP contribution >= 0.6 is 0 Å². The summed E-state index contributed by atoms with van der Waals surface area (Å²) in [4.78, 5) is 21.0. The number of carbonyl (C=O) groups excluding carboxylic acids is 1. The van der Waals surface area contributed by atoms with Gasteiger partial charge in [0.25, 0.3) is 0 Å². The van der Waals surface area contributed by atoms with Gasteiger partial charge in [-0.2, -0.15) is 0 Å².